The second-order valence-corrected chi connectivity index (χ2v) is 5.23. The smallest absolute Gasteiger partial charge is 0.296 e. The number of carbonyl (C=O) groups is 1. The zero-order chi connectivity index (χ0) is 16.0. The Hall–Kier alpha value is -2.05. The maximum Gasteiger partial charge on any atom is 0.296 e. The average Bonchev–Trinajstić information content (AvgIpc) is 2.54. The monoisotopic (exact) mass is 299 g/mol. The van der Waals surface area contributed by atoms with Gasteiger partial charge in [-0.1, -0.05) is 48.7 Å². The second kappa shape index (κ2) is 11.6. The Morgan fingerprint density at radius 1 is 1.27 bits per heavy atom. The fourth-order valence-corrected chi connectivity index (χ4v) is 2.10. The highest BCUT2D eigenvalue weighted by Crippen LogP contribution is 2.03. The zero-order valence-electron chi connectivity index (χ0n) is 13.1. The molecule has 0 aliphatic rings. The molecular weight excluding hydrogens is 274 g/mol. The Morgan fingerprint density at radius 3 is 2.73 bits per heavy atom. The van der Waals surface area contributed by atoms with Crippen molar-refractivity contribution >= 4 is 5.91 Å². The lowest BCUT2D eigenvalue weighted by Gasteiger charge is -2.14. The molecule has 0 saturated heterocycles. The third-order valence-corrected chi connectivity index (χ3v) is 3.29. The van der Waals surface area contributed by atoms with E-state index in [1.165, 1.54) is 0 Å². The maximum atomic E-state index is 11.7. The number of hydrogen-bond acceptors (Lipinski definition) is 2. The zero-order valence-corrected chi connectivity index (χ0v) is 13.1. The number of hydrogen-bond donors (Lipinski definition) is 2. The molecule has 1 rings (SSSR count). The molecule has 0 saturated carbocycles. The summed E-state index contributed by atoms with van der Waals surface area (Å²) in [6.45, 7) is 3.59. The summed E-state index contributed by atoms with van der Waals surface area (Å²) in [5.41, 5.74) is 1.08. The summed E-state index contributed by atoms with van der Waals surface area (Å²) in [4.78, 5) is 11.7. The molecule has 0 heterocycles. The molecule has 1 atom stereocenters. The molecule has 0 aromatic heterocycles. The highest BCUT2D eigenvalue weighted by atomic mass is 16.3. The van der Waals surface area contributed by atoms with E-state index in [0.717, 1.165) is 37.7 Å². The first-order valence-electron chi connectivity index (χ1n) is 7.81. The van der Waals surface area contributed by atoms with Gasteiger partial charge in [-0.25, -0.2) is 0 Å². The first-order chi connectivity index (χ1) is 10.8. The summed E-state index contributed by atoms with van der Waals surface area (Å²) < 4.78 is 0. The summed E-state index contributed by atoms with van der Waals surface area (Å²) in [7, 11) is 0. The first kappa shape index (κ1) is 18.0. The Labute approximate surface area is 133 Å². The number of carbonyl (C=O) groups excluding carboxylic acids is 1. The number of aliphatic hydroxyl groups excluding tert-OH is 1. The highest BCUT2D eigenvalue weighted by molar-refractivity contribution is 5.93. The minimum atomic E-state index is -0.318. The van der Waals surface area contributed by atoms with Crippen molar-refractivity contribution in [1.82, 2.24) is 5.32 Å². The molecular formula is C19H25NO2. The van der Waals surface area contributed by atoms with Crippen molar-refractivity contribution in [2.75, 3.05) is 6.61 Å². The fourth-order valence-electron chi connectivity index (χ4n) is 2.10. The molecule has 1 aromatic rings. The van der Waals surface area contributed by atoms with Crippen molar-refractivity contribution in [3.8, 4) is 11.8 Å². The molecule has 1 amide bonds. The summed E-state index contributed by atoms with van der Waals surface area (Å²) in [6.07, 6.45) is 7.52. The van der Waals surface area contributed by atoms with Crippen LogP contribution in [0.4, 0.5) is 0 Å². The molecule has 0 bridgehead atoms. The van der Waals surface area contributed by atoms with Gasteiger partial charge in [0.15, 0.2) is 0 Å². The van der Waals surface area contributed by atoms with Gasteiger partial charge in [0, 0.05) is 6.42 Å². The Bertz CT molecular complexity index is 499. The number of allylic oxidation sites excluding steroid dienone is 1. The van der Waals surface area contributed by atoms with Gasteiger partial charge in [0.05, 0.1) is 12.6 Å². The molecule has 0 aliphatic carbocycles. The van der Waals surface area contributed by atoms with Gasteiger partial charge in [0.2, 0.25) is 0 Å². The standard InChI is InChI=1S/C19H25NO2/c1-2-3-4-5-6-7-11-14-19(22)20-18(16-21)15-17-12-9-8-10-13-17/h2,8-10,12-13,18,21H,1,3-7,15-16H2,(H,20,22)/t18-/m0/s1. The van der Waals surface area contributed by atoms with Crippen LogP contribution in [0.1, 0.15) is 37.7 Å². The van der Waals surface area contributed by atoms with E-state index in [9.17, 15) is 9.90 Å². The Balaban J connectivity index is 2.28. The maximum absolute atomic E-state index is 11.7. The predicted molar refractivity (Wildman–Crippen MR) is 90.2 cm³/mol. The van der Waals surface area contributed by atoms with Crippen LogP contribution in [-0.4, -0.2) is 23.7 Å². The van der Waals surface area contributed by atoms with Crippen molar-refractivity contribution in [3.63, 3.8) is 0 Å². The van der Waals surface area contributed by atoms with E-state index in [1.807, 2.05) is 36.4 Å². The van der Waals surface area contributed by atoms with E-state index in [-0.39, 0.29) is 18.6 Å². The van der Waals surface area contributed by atoms with E-state index in [4.69, 9.17) is 0 Å². The summed E-state index contributed by atoms with van der Waals surface area (Å²) in [5, 5.41) is 12.1. The first-order valence-corrected chi connectivity index (χ1v) is 7.81. The van der Waals surface area contributed by atoms with Crippen LogP contribution in [0.2, 0.25) is 0 Å². The predicted octanol–water partition coefficient (Wildman–Crippen LogP) is 2.85. The van der Waals surface area contributed by atoms with Crippen LogP contribution in [0, 0.1) is 11.8 Å². The molecule has 1 aromatic carbocycles. The quantitative estimate of drug-likeness (QED) is 0.418. The minimum absolute atomic E-state index is 0.0934. The molecule has 0 spiro atoms. The summed E-state index contributed by atoms with van der Waals surface area (Å²) >= 11 is 0. The lowest BCUT2D eigenvalue weighted by molar-refractivity contribution is -0.116. The van der Waals surface area contributed by atoms with E-state index in [1.54, 1.807) is 0 Å². The van der Waals surface area contributed by atoms with Crippen LogP contribution in [0.15, 0.2) is 43.0 Å². The normalized spacial score (nSPS) is 11.1. The number of unbranched alkanes of at least 4 members (excludes halogenated alkanes) is 4. The SMILES string of the molecule is C=CCCCCCC#CC(=O)N[C@H](CO)Cc1ccccc1. The van der Waals surface area contributed by atoms with Crippen LogP contribution in [0.25, 0.3) is 0 Å². The largest absolute Gasteiger partial charge is 0.394 e. The van der Waals surface area contributed by atoms with Crippen molar-refractivity contribution in [3.05, 3.63) is 48.6 Å². The molecule has 0 aliphatic heterocycles. The number of nitrogens with one attached hydrogen (secondary N) is 1. The Morgan fingerprint density at radius 2 is 2.05 bits per heavy atom. The lowest BCUT2D eigenvalue weighted by atomic mass is 10.1. The van der Waals surface area contributed by atoms with Crippen molar-refractivity contribution in [2.24, 2.45) is 0 Å². The van der Waals surface area contributed by atoms with E-state index in [2.05, 4.69) is 23.7 Å². The topological polar surface area (TPSA) is 49.3 Å². The van der Waals surface area contributed by atoms with Gasteiger partial charge in [0.1, 0.15) is 0 Å². The van der Waals surface area contributed by atoms with E-state index in [0.29, 0.717) is 6.42 Å². The van der Waals surface area contributed by atoms with Crippen LogP contribution in [-0.2, 0) is 11.2 Å². The minimum Gasteiger partial charge on any atom is -0.394 e. The van der Waals surface area contributed by atoms with Gasteiger partial charge < -0.3 is 10.4 Å². The molecule has 0 unspecified atom stereocenters. The van der Waals surface area contributed by atoms with Crippen LogP contribution in [0.5, 0.6) is 0 Å². The summed E-state index contributed by atoms with van der Waals surface area (Å²) in [5.74, 6) is 5.16. The van der Waals surface area contributed by atoms with Crippen molar-refractivity contribution in [2.45, 2.75) is 44.6 Å². The lowest BCUT2D eigenvalue weighted by Crippen LogP contribution is -2.38. The highest BCUT2D eigenvalue weighted by Gasteiger charge is 2.10. The molecule has 3 heteroatoms. The van der Waals surface area contributed by atoms with Gasteiger partial charge >= 0.3 is 0 Å². The van der Waals surface area contributed by atoms with Gasteiger partial charge in [-0.15, -0.1) is 6.58 Å². The van der Waals surface area contributed by atoms with Gasteiger partial charge in [-0.3, -0.25) is 4.79 Å². The van der Waals surface area contributed by atoms with Crippen molar-refractivity contribution in [1.29, 1.82) is 0 Å². The molecule has 118 valence electrons. The van der Waals surface area contributed by atoms with Crippen LogP contribution < -0.4 is 5.32 Å². The van der Waals surface area contributed by atoms with E-state index < -0.39 is 0 Å². The fraction of sp³-hybridized carbons (Fsp3) is 0.421. The molecule has 0 fully saturated rings. The second-order valence-electron chi connectivity index (χ2n) is 5.23. The van der Waals surface area contributed by atoms with E-state index >= 15 is 0 Å². The third-order valence-electron chi connectivity index (χ3n) is 3.29. The van der Waals surface area contributed by atoms with Crippen molar-refractivity contribution < 1.29 is 9.90 Å². The summed E-state index contributed by atoms with van der Waals surface area (Å²) in [6, 6.07) is 9.48. The van der Waals surface area contributed by atoms with Gasteiger partial charge in [-0.05, 0) is 37.2 Å². The van der Waals surface area contributed by atoms with Crippen LogP contribution in [0.3, 0.4) is 0 Å². The number of benzene rings is 1. The molecule has 3 nitrogen and oxygen atoms in total. The van der Waals surface area contributed by atoms with Gasteiger partial charge in [-0.2, -0.15) is 0 Å². The number of rotatable bonds is 9. The van der Waals surface area contributed by atoms with Crippen LogP contribution >= 0.6 is 0 Å². The third kappa shape index (κ3) is 8.28. The average molecular weight is 299 g/mol. The van der Waals surface area contributed by atoms with Gasteiger partial charge in [0.25, 0.3) is 5.91 Å². The Kier molecular flexibility index (Phi) is 9.48. The molecule has 22 heavy (non-hydrogen) atoms. The molecule has 0 radical (unpaired) electrons. The number of aliphatic hydroxyl groups is 1. The molecule has 2 N–H and O–H groups in total. The number of amides is 1.